The van der Waals surface area contributed by atoms with Gasteiger partial charge in [-0.05, 0) is 47.1 Å². The summed E-state index contributed by atoms with van der Waals surface area (Å²) in [7, 11) is 0. The Morgan fingerprint density at radius 2 is 1.72 bits per heavy atom. The fourth-order valence-electron chi connectivity index (χ4n) is 4.09. The van der Waals surface area contributed by atoms with E-state index in [1.165, 1.54) is 42.5 Å². The maximum Gasteiger partial charge on any atom is 0.00271 e. The van der Waals surface area contributed by atoms with Crippen molar-refractivity contribution >= 4 is 12.2 Å². The van der Waals surface area contributed by atoms with Gasteiger partial charge in [0.1, 0.15) is 0 Å². The number of hydrogen-bond donors (Lipinski definition) is 0. The molecule has 3 aliphatic carbocycles. The highest BCUT2D eigenvalue weighted by Gasteiger charge is 2.31. The summed E-state index contributed by atoms with van der Waals surface area (Å²) >= 11 is 0. The first-order valence-corrected chi connectivity index (χ1v) is 7.40. The minimum absolute atomic E-state index is 0.694. The van der Waals surface area contributed by atoms with Crippen LogP contribution in [0.3, 0.4) is 0 Å². The van der Waals surface area contributed by atoms with Crippen LogP contribution in [0, 0.1) is 17.8 Å². The van der Waals surface area contributed by atoms with Gasteiger partial charge in [-0.1, -0.05) is 55.3 Å². The first-order valence-electron chi connectivity index (χ1n) is 7.40. The Bertz CT molecular complexity index is 605. The minimum atomic E-state index is 0.694. The van der Waals surface area contributed by atoms with E-state index in [1.54, 1.807) is 5.57 Å². The summed E-state index contributed by atoms with van der Waals surface area (Å²) in [6.45, 7) is 0. The van der Waals surface area contributed by atoms with E-state index in [2.05, 4.69) is 42.5 Å². The van der Waals surface area contributed by atoms with Crippen LogP contribution in [0.25, 0.3) is 12.2 Å². The van der Waals surface area contributed by atoms with Crippen molar-refractivity contribution in [2.24, 2.45) is 17.8 Å². The standard InChI is InChI=1S/C18H20/c1-2-6-14-10-18-12-16-8-4-3-7-15(16)11-17(18)9-13(14)5-1/h1-2,5-6,9-11,15-16,18H,3-4,7-8,12H2. The molecular weight excluding hydrogens is 216 g/mol. The molecule has 3 aliphatic rings. The Labute approximate surface area is 109 Å². The van der Waals surface area contributed by atoms with E-state index in [0.29, 0.717) is 5.92 Å². The number of fused-ring (bicyclic) bond motifs is 3. The Hall–Kier alpha value is -1.30. The lowest BCUT2D eigenvalue weighted by Gasteiger charge is -2.37. The number of hydrogen-bond acceptors (Lipinski definition) is 0. The number of rotatable bonds is 0. The molecule has 0 aromatic heterocycles. The fraction of sp³-hybridized carbons (Fsp3) is 0.444. The molecule has 0 bridgehead atoms. The maximum atomic E-state index is 2.60. The molecule has 1 aromatic rings. The van der Waals surface area contributed by atoms with Gasteiger partial charge in [0.05, 0.1) is 0 Å². The van der Waals surface area contributed by atoms with Crippen LogP contribution >= 0.6 is 0 Å². The average Bonchev–Trinajstić information content (AvgIpc) is 2.42. The topological polar surface area (TPSA) is 0 Å². The molecule has 0 spiro atoms. The van der Waals surface area contributed by atoms with Crippen LogP contribution in [0.5, 0.6) is 0 Å². The van der Waals surface area contributed by atoms with Gasteiger partial charge in [0.2, 0.25) is 0 Å². The van der Waals surface area contributed by atoms with E-state index in [9.17, 15) is 0 Å². The second-order valence-corrected chi connectivity index (χ2v) is 6.16. The van der Waals surface area contributed by atoms with Crippen molar-refractivity contribution in [1.82, 2.24) is 0 Å². The van der Waals surface area contributed by atoms with Crippen molar-refractivity contribution in [1.29, 1.82) is 0 Å². The molecule has 0 heterocycles. The molecule has 1 aromatic carbocycles. The largest absolute Gasteiger partial charge is 0.0773 e. The quantitative estimate of drug-likeness (QED) is 0.649. The highest BCUT2D eigenvalue weighted by atomic mass is 14.4. The molecule has 92 valence electrons. The Balaban J connectivity index is 1.81. The van der Waals surface area contributed by atoms with E-state index < -0.39 is 0 Å². The molecule has 1 saturated carbocycles. The third-order valence-electron chi connectivity index (χ3n) is 5.06. The highest BCUT2D eigenvalue weighted by molar-refractivity contribution is 5.59. The lowest BCUT2D eigenvalue weighted by molar-refractivity contribution is 0.243. The predicted octanol–water partition coefficient (Wildman–Crippen LogP) is 3.01. The minimum Gasteiger partial charge on any atom is -0.0773 e. The van der Waals surface area contributed by atoms with Gasteiger partial charge in [0.15, 0.2) is 0 Å². The zero-order valence-corrected chi connectivity index (χ0v) is 10.8. The predicted molar refractivity (Wildman–Crippen MR) is 76.3 cm³/mol. The normalized spacial score (nSPS) is 33.1. The number of benzene rings is 1. The van der Waals surface area contributed by atoms with Gasteiger partial charge in [-0.3, -0.25) is 0 Å². The Morgan fingerprint density at radius 3 is 2.67 bits per heavy atom. The van der Waals surface area contributed by atoms with Crippen molar-refractivity contribution in [2.45, 2.75) is 32.1 Å². The lowest BCUT2D eigenvalue weighted by Crippen LogP contribution is -2.33. The lowest BCUT2D eigenvalue weighted by atomic mass is 9.68. The van der Waals surface area contributed by atoms with Gasteiger partial charge in [-0.2, -0.15) is 0 Å². The van der Waals surface area contributed by atoms with Gasteiger partial charge < -0.3 is 0 Å². The number of allylic oxidation sites excluding steroid dienone is 2. The van der Waals surface area contributed by atoms with Crippen molar-refractivity contribution in [3.8, 4) is 0 Å². The van der Waals surface area contributed by atoms with E-state index >= 15 is 0 Å². The SMILES string of the molecule is C1=C2C=c3ccccc3=CC2CC2CCCCC12. The first kappa shape index (κ1) is 10.6. The second kappa shape index (κ2) is 4.12. The van der Waals surface area contributed by atoms with Crippen LogP contribution in [0.4, 0.5) is 0 Å². The van der Waals surface area contributed by atoms with Crippen LogP contribution in [0.2, 0.25) is 0 Å². The van der Waals surface area contributed by atoms with Gasteiger partial charge in [0, 0.05) is 5.92 Å². The fourth-order valence-corrected chi connectivity index (χ4v) is 4.09. The van der Waals surface area contributed by atoms with Crippen LogP contribution in [-0.2, 0) is 0 Å². The Morgan fingerprint density at radius 1 is 0.889 bits per heavy atom. The van der Waals surface area contributed by atoms with Crippen molar-refractivity contribution in [3.63, 3.8) is 0 Å². The Kier molecular flexibility index (Phi) is 2.43. The molecule has 4 rings (SSSR count). The first-order chi connectivity index (χ1) is 8.90. The summed E-state index contributed by atoms with van der Waals surface area (Å²) < 4.78 is 0. The molecule has 0 aliphatic heterocycles. The molecule has 0 heteroatoms. The molecule has 3 unspecified atom stereocenters. The summed E-state index contributed by atoms with van der Waals surface area (Å²) in [5, 5.41) is 2.85. The van der Waals surface area contributed by atoms with Crippen LogP contribution < -0.4 is 10.4 Å². The van der Waals surface area contributed by atoms with Gasteiger partial charge in [0.25, 0.3) is 0 Å². The summed E-state index contributed by atoms with van der Waals surface area (Å²) in [4.78, 5) is 0. The molecule has 0 amide bonds. The molecule has 1 fully saturated rings. The van der Waals surface area contributed by atoms with Crippen molar-refractivity contribution in [2.75, 3.05) is 0 Å². The summed E-state index contributed by atoms with van der Waals surface area (Å²) in [6, 6.07) is 8.81. The molecule has 0 N–H and O–H groups in total. The average molecular weight is 236 g/mol. The summed E-state index contributed by atoms with van der Waals surface area (Å²) in [6.07, 6.45) is 14.7. The highest BCUT2D eigenvalue weighted by Crippen LogP contribution is 2.42. The zero-order valence-electron chi connectivity index (χ0n) is 10.8. The van der Waals surface area contributed by atoms with Gasteiger partial charge >= 0.3 is 0 Å². The molecule has 18 heavy (non-hydrogen) atoms. The smallest absolute Gasteiger partial charge is 0.00271 e. The second-order valence-electron chi connectivity index (χ2n) is 6.16. The maximum absolute atomic E-state index is 2.60. The van der Waals surface area contributed by atoms with Crippen LogP contribution in [0.1, 0.15) is 32.1 Å². The van der Waals surface area contributed by atoms with Gasteiger partial charge in [-0.15, -0.1) is 0 Å². The molecule has 0 nitrogen and oxygen atoms in total. The zero-order chi connectivity index (χ0) is 11.9. The van der Waals surface area contributed by atoms with Gasteiger partial charge in [-0.25, -0.2) is 0 Å². The van der Waals surface area contributed by atoms with Crippen molar-refractivity contribution in [3.05, 3.63) is 46.4 Å². The van der Waals surface area contributed by atoms with Crippen LogP contribution in [0.15, 0.2) is 35.9 Å². The van der Waals surface area contributed by atoms with E-state index in [4.69, 9.17) is 0 Å². The van der Waals surface area contributed by atoms with E-state index in [0.717, 1.165) is 11.8 Å². The van der Waals surface area contributed by atoms with E-state index in [-0.39, 0.29) is 0 Å². The molecule has 0 radical (unpaired) electrons. The monoisotopic (exact) mass is 236 g/mol. The third-order valence-corrected chi connectivity index (χ3v) is 5.06. The summed E-state index contributed by atoms with van der Waals surface area (Å²) in [5.74, 6) is 2.53. The summed E-state index contributed by atoms with van der Waals surface area (Å²) in [5.41, 5.74) is 1.59. The third kappa shape index (κ3) is 1.67. The van der Waals surface area contributed by atoms with Crippen molar-refractivity contribution < 1.29 is 0 Å². The molecule has 3 atom stereocenters. The molecular formula is C18H20. The molecule has 0 saturated heterocycles. The van der Waals surface area contributed by atoms with Crippen LogP contribution in [-0.4, -0.2) is 0 Å². The van der Waals surface area contributed by atoms with E-state index in [1.807, 2.05) is 0 Å².